The van der Waals surface area contributed by atoms with Crippen LogP contribution in [-0.2, 0) is 10.8 Å². The van der Waals surface area contributed by atoms with Crippen molar-refractivity contribution in [3.8, 4) is 0 Å². The molecule has 2 aliphatic rings. The van der Waals surface area contributed by atoms with Gasteiger partial charge in [-0.1, -0.05) is 0 Å². The van der Waals surface area contributed by atoms with Crippen molar-refractivity contribution in [2.75, 3.05) is 42.6 Å². The summed E-state index contributed by atoms with van der Waals surface area (Å²) in [5.74, 6) is 2.10. The van der Waals surface area contributed by atoms with Crippen LogP contribution in [0.2, 0.25) is 0 Å². The third-order valence-electron chi connectivity index (χ3n) is 3.98. The summed E-state index contributed by atoms with van der Waals surface area (Å²) in [4.78, 5) is 20.8. The minimum Gasteiger partial charge on any atom is -0.345 e. The van der Waals surface area contributed by atoms with Gasteiger partial charge in [-0.3, -0.25) is 4.21 Å². The Morgan fingerprint density at radius 1 is 1.36 bits per heavy atom. The van der Waals surface area contributed by atoms with E-state index >= 15 is 0 Å². The highest BCUT2D eigenvalue weighted by Gasteiger charge is 2.26. The average Bonchev–Trinajstić information content (AvgIpc) is 3.00. The zero-order valence-corrected chi connectivity index (χ0v) is 14.3. The molecule has 0 radical (unpaired) electrons. The van der Waals surface area contributed by atoms with Crippen LogP contribution >= 0.6 is 11.5 Å². The lowest BCUT2D eigenvalue weighted by Gasteiger charge is -2.23. The van der Waals surface area contributed by atoms with E-state index in [1.165, 1.54) is 11.5 Å². The normalized spacial score (nSPS) is 26.0. The van der Waals surface area contributed by atoms with Crippen LogP contribution in [0.15, 0.2) is 0 Å². The van der Waals surface area contributed by atoms with Crippen molar-refractivity contribution in [3.05, 3.63) is 5.82 Å². The van der Waals surface area contributed by atoms with Crippen LogP contribution in [0.1, 0.15) is 18.7 Å². The summed E-state index contributed by atoms with van der Waals surface area (Å²) in [5.41, 5.74) is 0. The fraction of sp³-hybridized carbons (Fsp3) is 0.769. The maximum atomic E-state index is 12.3. The van der Waals surface area contributed by atoms with Gasteiger partial charge in [0, 0.05) is 66.1 Å². The number of hydrogen-bond donors (Lipinski definition) is 1. The largest absolute Gasteiger partial charge is 0.345 e. The predicted octanol–water partition coefficient (Wildman–Crippen LogP) is 0.589. The first-order valence-corrected chi connectivity index (χ1v) is 9.83. The summed E-state index contributed by atoms with van der Waals surface area (Å²) in [5, 5.41) is 3.95. The first-order valence-electron chi connectivity index (χ1n) is 7.57. The molecular formula is C13H21N5O2S2. The fourth-order valence-corrected chi connectivity index (χ4v) is 4.91. The van der Waals surface area contributed by atoms with Crippen LogP contribution < -0.4 is 10.2 Å². The van der Waals surface area contributed by atoms with Crippen LogP contribution in [0.5, 0.6) is 0 Å². The summed E-state index contributed by atoms with van der Waals surface area (Å²) < 4.78 is 15.6. The molecule has 1 N–H and O–H groups in total. The zero-order chi connectivity index (χ0) is 15.5. The molecule has 0 bridgehead atoms. The lowest BCUT2D eigenvalue weighted by molar-refractivity contribution is 0.198. The smallest absolute Gasteiger partial charge is 0.317 e. The van der Waals surface area contributed by atoms with Crippen molar-refractivity contribution < 1.29 is 9.00 Å². The molecule has 0 spiro atoms. The molecule has 1 aromatic rings. The first-order chi connectivity index (χ1) is 10.6. The third kappa shape index (κ3) is 3.75. The minimum absolute atomic E-state index is 0.0285. The van der Waals surface area contributed by atoms with Gasteiger partial charge in [-0.2, -0.15) is 4.37 Å². The SMILES string of the molecule is Cc1nsc(N2CCCN(C(=O)N[C@H]3CC[S@@](=O)C3)CC2)n1. The summed E-state index contributed by atoms with van der Waals surface area (Å²) in [6, 6.07) is 0.0395. The summed E-state index contributed by atoms with van der Waals surface area (Å²) in [6.07, 6.45) is 1.74. The van der Waals surface area contributed by atoms with Gasteiger partial charge in [-0.15, -0.1) is 0 Å². The maximum absolute atomic E-state index is 12.3. The Kier molecular flexibility index (Phi) is 4.92. The quantitative estimate of drug-likeness (QED) is 0.850. The number of rotatable bonds is 2. The van der Waals surface area contributed by atoms with Gasteiger partial charge in [0.15, 0.2) is 0 Å². The number of nitrogens with zero attached hydrogens (tertiary/aromatic N) is 4. The highest BCUT2D eigenvalue weighted by Crippen LogP contribution is 2.19. The molecule has 22 heavy (non-hydrogen) atoms. The summed E-state index contributed by atoms with van der Waals surface area (Å²) in [7, 11) is -0.761. The molecular weight excluding hydrogens is 322 g/mol. The Labute approximate surface area is 136 Å². The van der Waals surface area contributed by atoms with E-state index in [1.54, 1.807) is 0 Å². The van der Waals surface area contributed by atoms with E-state index in [2.05, 4.69) is 19.6 Å². The van der Waals surface area contributed by atoms with Crippen LogP contribution in [0.3, 0.4) is 0 Å². The predicted molar refractivity (Wildman–Crippen MR) is 87.9 cm³/mol. The van der Waals surface area contributed by atoms with Crippen molar-refractivity contribution >= 4 is 33.5 Å². The second kappa shape index (κ2) is 6.91. The van der Waals surface area contributed by atoms with Crippen molar-refractivity contribution in [1.82, 2.24) is 19.6 Å². The molecule has 7 nitrogen and oxygen atoms in total. The van der Waals surface area contributed by atoms with E-state index in [1.807, 2.05) is 11.8 Å². The van der Waals surface area contributed by atoms with E-state index in [-0.39, 0.29) is 12.1 Å². The number of hydrogen-bond acceptors (Lipinski definition) is 6. The first kappa shape index (κ1) is 15.7. The summed E-state index contributed by atoms with van der Waals surface area (Å²) >= 11 is 1.41. The lowest BCUT2D eigenvalue weighted by atomic mass is 10.3. The van der Waals surface area contributed by atoms with Gasteiger partial charge >= 0.3 is 6.03 Å². The van der Waals surface area contributed by atoms with E-state index in [9.17, 15) is 9.00 Å². The third-order valence-corrected chi connectivity index (χ3v) is 6.31. The summed E-state index contributed by atoms with van der Waals surface area (Å²) in [6.45, 7) is 4.99. The molecule has 2 aliphatic heterocycles. The molecule has 3 heterocycles. The van der Waals surface area contributed by atoms with E-state index in [0.29, 0.717) is 18.1 Å². The number of amides is 2. The molecule has 0 aromatic carbocycles. The highest BCUT2D eigenvalue weighted by atomic mass is 32.2. The van der Waals surface area contributed by atoms with Crippen LogP contribution in [0.4, 0.5) is 9.93 Å². The Morgan fingerprint density at radius 3 is 2.91 bits per heavy atom. The van der Waals surface area contributed by atoms with Crippen LogP contribution in [0.25, 0.3) is 0 Å². The van der Waals surface area contributed by atoms with Gasteiger partial charge < -0.3 is 15.1 Å². The standard InChI is InChI=1S/C13H21N5O2S2/c1-10-14-13(21-16-10)18-5-2-4-17(6-7-18)12(19)15-11-3-8-22(20)9-11/h11H,2-9H2,1H3,(H,15,19)/t11-,22+/m0/s1. The van der Waals surface area contributed by atoms with Gasteiger partial charge in [0.25, 0.3) is 0 Å². The number of aromatic nitrogens is 2. The van der Waals surface area contributed by atoms with Crippen LogP contribution in [0, 0.1) is 6.92 Å². The van der Waals surface area contributed by atoms with Crippen molar-refractivity contribution in [2.24, 2.45) is 0 Å². The van der Waals surface area contributed by atoms with Gasteiger partial charge in [-0.05, 0) is 19.8 Å². The van der Waals surface area contributed by atoms with Crippen molar-refractivity contribution in [3.63, 3.8) is 0 Å². The maximum Gasteiger partial charge on any atom is 0.317 e. The molecule has 1 aromatic heterocycles. The van der Waals surface area contributed by atoms with Crippen molar-refractivity contribution in [1.29, 1.82) is 0 Å². The zero-order valence-electron chi connectivity index (χ0n) is 12.7. The Balaban J connectivity index is 1.53. The number of anilines is 1. The molecule has 9 heteroatoms. The van der Waals surface area contributed by atoms with Gasteiger partial charge in [0.2, 0.25) is 5.13 Å². The van der Waals surface area contributed by atoms with E-state index in [0.717, 1.165) is 43.4 Å². The molecule has 2 atom stereocenters. The lowest BCUT2D eigenvalue weighted by Crippen LogP contribution is -2.46. The molecule has 2 fully saturated rings. The fourth-order valence-electron chi connectivity index (χ4n) is 2.77. The Bertz CT molecular complexity index is 564. The topological polar surface area (TPSA) is 78.4 Å². The molecule has 2 saturated heterocycles. The van der Waals surface area contributed by atoms with Crippen LogP contribution in [-0.4, -0.2) is 68.2 Å². The van der Waals surface area contributed by atoms with Gasteiger partial charge in [-0.25, -0.2) is 9.78 Å². The van der Waals surface area contributed by atoms with E-state index < -0.39 is 10.8 Å². The number of aryl methyl sites for hydroxylation is 1. The van der Waals surface area contributed by atoms with E-state index in [4.69, 9.17) is 0 Å². The second-order valence-corrected chi connectivity index (χ2v) is 8.05. The molecule has 122 valence electrons. The molecule has 0 aliphatic carbocycles. The molecule has 0 unspecified atom stereocenters. The molecule has 3 rings (SSSR count). The second-order valence-electron chi connectivity index (χ2n) is 5.70. The number of nitrogens with one attached hydrogen (secondary N) is 1. The van der Waals surface area contributed by atoms with Crippen molar-refractivity contribution in [2.45, 2.75) is 25.8 Å². The Morgan fingerprint density at radius 2 is 2.23 bits per heavy atom. The molecule has 2 amide bonds. The highest BCUT2D eigenvalue weighted by molar-refractivity contribution is 7.85. The number of carbonyl (C=O) groups is 1. The number of urea groups is 1. The minimum atomic E-state index is -0.761. The number of carbonyl (C=O) groups excluding carboxylic acids is 1. The van der Waals surface area contributed by atoms with Gasteiger partial charge in [0.05, 0.1) is 0 Å². The monoisotopic (exact) mass is 343 g/mol. The Hall–Kier alpha value is -1.22. The average molecular weight is 343 g/mol. The van der Waals surface area contributed by atoms with Gasteiger partial charge in [0.1, 0.15) is 5.82 Å². The molecule has 0 saturated carbocycles.